The van der Waals surface area contributed by atoms with Crippen LogP contribution in [0.1, 0.15) is 10.4 Å². The summed E-state index contributed by atoms with van der Waals surface area (Å²) in [6.45, 7) is 0. The molecule has 4 nitrogen and oxygen atoms in total. The fourth-order valence-electron chi connectivity index (χ4n) is 1.43. The van der Waals surface area contributed by atoms with Gasteiger partial charge in [0, 0.05) is 17.1 Å². The number of amides is 1. The number of H-pyrrole nitrogens is 1. The van der Waals surface area contributed by atoms with E-state index in [0.717, 1.165) is 10.9 Å². The van der Waals surface area contributed by atoms with Gasteiger partial charge in [-0.15, -0.1) is 0 Å². The first-order valence-corrected chi connectivity index (χ1v) is 4.17. The Morgan fingerprint density at radius 2 is 2.29 bits per heavy atom. The van der Waals surface area contributed by atoms with Crippen LogP contribution in [0.3, 0.4) is 0 Å². The molecule has 0 atom stereocenters. The molecule has 4 heteroatoms. The molecule has 2 rings (SSSR count). The minimum atomic E-state index is -0.440. The van der Waals surface area contributed by atoms with E-state index >= 15 is 0 Å². The number of hydrogen-bond donors (Lipinski definition) is 2. The first kappa shape index (κ1) is 8.62. The van der Waals surface area contributed by atoms with E-state index in [0.29, 0.717) is 11.3 Å². The molecule has 0 radical (unpaired) electrons. The van der Waals surface area contributed by atoms with Gasteiger partial charge < -0.3 is 15.5 Å². The van der Waals surface area contributed by atoms with Crippen LogP contribution in [0.4, 0.5) is 0 Å². The molecule has 0 saturated heterocycles. The second-order valence-electron chi connectivity index (χ2n) is 2.98. The molecule has 0 aliphatic rings. The van der Waals surface area contributed by atoms with Crippen molar-refractivity contribution in [1.82, 2.24) is 4.98 Å². The Bertz CT molecular complexity index is 488. The Kier molecular flexibility index (Phi) is 1.89. The van der Waals surface area contributed by atoms with Gasteiger partial charge in [0.25, 0.3) is 5.91 Å². The molecule has 14 heavy (non-hydrogen) atoms. The molecule has 1 amide bonds. The molecular formula is C10H10N2O2. The fourth-order valence-corrected chi connectivity index (χ4v) is 1.43. The highest BCUT2D eigenvalue weighted by atomic mass is 16.5. The highest BCUT2D eigenvalue weighted by molar-refractivity contribution is 6.06. The number of fused-ring (bicyclic) bond motifs is 1. The topological polar surface area (TPSA) is 68.1 Å². The normalized spacial score (nSPS) is 10.4. The average Bonchev–Trinajstić information content (AvgIpc) is 2.59. The maximum absolute atomic E-state index is 11.0. The number of benzene rings is 1. The van der Waals surface area contributed by atoms with E-state index in [4.69, 9.17) is 10.5 Å². The van der Waals surface area contributed by atoms with Crippen LogP contribution in [0, 0.1) is 0 Å². The second kappa shape index (κ2) is 3.06. The summed E-state index contributed by atoms with van der Waals surface area (Å²) >= 11 is 0. The van der Waals surface area contributed by atoms with E-state index in [1.165, 1.54) is 0 Å². The standard InChI is InChI=1S/C10H10N2O2/c1-14-6-2-3-9-7(4-6)8(5-12-9)10(11)13/h2-5,12H,1H3,(H2,11,13). The van der Waals surface area contributed by atoms with Crippen LogP contribution >= 0.6 is 0 Å². The number of nitrogens with two attached hydrogens (primary N) is 1. The number of carbonyl (C=O) groups is 1. The Hall–Kier alpha value is -1.97. The van der Waals surface area contributed by atoms with Crippen molar-refractivity contribution in [2.75, 3.05) is 7.11 Å². The maximum Gasteiger partial charge on any atom is 0.250 e. The van der Waals surface area contributed by atoms with Gasteiger partial charge in [-0.25, -0.2) is 0 Å². The quantitative estimate of drug-likeness (QED) is 0.748. The van der Waals surface area contributed by atoms with Crippen molar-refractivity contribution in [3.05, 3.63) is 30.0 Å². The number of methoxy groups -OCH3 is 1. The van der Waals surface area contributed by atoms with Gasteiger partial charge in [0.05, 0.1) is 12.7 Å². The van der Waals surface area contributed by atoms with E-state index in [1.807, 2.05) is 12.1 Å². The zero-order valence-corrected chi connectivity index (χ0v) is 7.70. The Labute approximate surface area is 80.7 Å². The minimum absolute atomic E-state index is 0.440. The average molecular weight is 190 g/mol. The molecule has 0 unspecified atom stereocenters. The molecule has 0 spiro atoms. The highest BCUT2D eigenvalue weighted by Crippen LogP contribution is 2.22. The third kappa shape index (κ3) is 1.21. The van der Waals surface area contributed by atoms with Gasteiger partial charge in [-0.2, -0.15) is 0 Å². The molecule has 1 heterocycles. The fraction of sp³-hybridized carbons (Fsp3) is 0.100. The summed E-state index contributed by atoms with van der Waals surface area (Å²) in [5, 5.41) is 0.789. The smallest absolute Gasteiger partial charge is 0.250 e. The molecule has 0 saturated carbocycles. The van der Waals surface area contributed by atoms with Gasteiger partial charge in [0.15, 0.2) is 0 Å². The number of carbonyl (C=O) groups excluding carboxylic acids is 1. The number of nitrogens with one attached hydrogen (secondary N) is 1. The van der Waals surface area contributed by atoms with Gasteiger partial charge in [0.2, 0.25) is 0 Å². The van der Waals surface area contributed by atoms with Gasteiger partial charge >= 0.3 is 0 Å². The molecule has 72 valence electrons. The van der Waals surface area contributed by atoms with Crippen LogP contribution in [0.2, 0.25) is 0 Å². The molecule has 1 aromatic heterocycles. The molecular weight excluding hydrogens is 180 g/mol. The summed E-state index contributed by atoms with van der Waals surface area (Å²) in [5.74, 6) is 0.268. The number of rotatable bonds is 2. The third-order valence-corrected chi connectivity index (χ3v) is 2.15. The lowest BCUT2D eigenvalue weighted by Gasteiger charge is -1.99. The Morgan fingerprint density at radius 3 is 2.93 bits per heavy atom. The van der Waals surface area contributed by atoms with Crippen LogP contribution in [0.5, 0.6) is 5.75 Å². The van der Waals surface area contributed by atoms with Crippen molar-refractivity contribution >= 4 is 16.8 Å². The second-order valence-corrected chi connectivity index (χ2v) is 2.98. The van der Waals surface area contributed by atoms with Gasteiger partial charge in [-0.05, 0) is 18.2 Å². The van der Waals surface area contributed by atoms with Crippen LogP contribution in [0.15, 0.2) is 24.4 Å². The van der Waals surface area contributed by atoms with Crippen molar-refractivity contribution in [1.29, 1.82) is 0 Å². The van der Waals surface area contributed by atoms with E-state index in [9.17, 15) is 4.79 Å². The molecule has 1 aromatic carbocycles. The summed E-state index contributed by atoms with van der Waals surface area (Å²) in [7, 11) is 1.58. The Morgan fingerprint density at radius 1 is 1.50 bits per heavy atom. The molecule has 0 aliphatic carbocycles. The SMILES string of the molecule is COc1ccc2[nH]cc(C(N)=O)c2c1. The first-order chi connectivity index (χ1) is 6.72. The molecule has 2 aromatic rings. The molecule has 0 aliphatic heterocycles. The lowest BCUT2D eigenvalue weighted by atomic mass is 10.1. The number of aromatic amines is 1. The van der Waals surface area contributed by atoms with E-state index < -0.39 is 5.91 Å². The lowest BCUT2D eigenvalue weighted by Crippen LogP contribution is -2.09. The molecule has 0 fully saturated rings. The Balaban J connectivity index is 2.69. The summed E-state index contributed by atoms with van der Waals surface area (Å²) in [5.41, 5.74) is 6.58. The van der Waals surface area contributed by atoms with Crippen LogP contribution < -0.4 is 10.5 Å². The van der Waals surface area contributed by atoms with Gasteiger partial charge in [0.1, 0.15) is 5.75 Å². The third-order valence-electron chi connectivity index (χ3n) is 2.15. The van der Waals surface area contributed by atoms with Crippen LogP contribution in [-0.2, 0) is 0 Å². The number of aromatic nitrogens is 1. The monoisotopic (exact) mass is 190 g/mol. The van der Waals surface area contributed by atoms with Gasteiger partial charge in [-0.1, -0.05) is 0 Å². The highest BCUT2D eigenvalue weighted by Gasteiger charge is 2.08. The van der Waals surface area contributed by atoms with Crippen molar-refractivity contribution < 1.29 is 9.53 Å². The van der Waals surface area contributed by atoms with Crippen molar-refractivity contribution in [3.8, 4) is 5.75 Å². The number of ether oxygens (including phenoxy) is 1. The maximum atomic E-state index is 11.0. The predicted molar refractivity (Wildman–Crippen MR) is 53.4 cm³/mol. The summed E-state index contributed by atoms with van der Waals surface area (Å²) in [6, 6.07) is 5.45. The van der Waals surface area contributed by atoms with Crippen molar-refractivity contribution in [2.24, 2.45) is 5.73 Å². The zero-order chi connectivity index (χ0) is 10.1. The van der Waals surface area contributed by atoms with Crippen molar-refractivity contribution in [3.63, 3.8) is 0 Å². The summed E-state index contributed by atoms with van der Waals surface area (Å²) in [6.07, 6.45) is 1.60. The summed E-state index contributed by atoms with van der Waals surface area (Å²) < 4.78 is 5.06. The summed E-state index contributed by atoms with van der Waals surface area (Å²) in [4.78, 5) is 14.0. The van der Waals surface area contributed by atoms with E-state index in [2.05, 4.69) is 4.98 Å². The van der Waals surface area contributed by atoms with Gasteiger partial charge in [-0.3, -0.25) is 4.79 Å². The van der Waals surface area contributed by atoms with Crippen LogP contribution in [-0.4, -0.2) is 18.0 Å². The molecule has 3 N–H and O–H groups in total. The van der Waals surface area contributed by atoms with Crippen molar-refractivity contribution in [2.45, 2.75) is 0 Å². The molecule has 0 bridgehead atoms. The van der Waals surface area contributed by atoms with Crippen LogP contribution in [0.25, 0.3) is 10.9 Å². The predicted octanol–water partition coefficient (Wildman–Crippen LogP) is 1.28. The zero-order valence-electron chi connectivity index (χ0n) is 7.70. The van der Waals surface area contributed by atoms with E-state index in [1.54, 1.807) is 19.4 Å². The largest absolute Gasteiger partial charge is 0.497 e. The minimum Gasteiger partial charge on any atom is -0.497 e. The number of primary amides is 1. The number of hydrogen-bond acceptors (Lipinski definition) is 2. The van der Waals surface area contributed by atoms with E-state index in [-0.39, 0.29) is 0 Å². The lowest BCUT2D eigenvalue weighted by molar-refractivity contribution is 0.100. The first-order valence-electron chi connectivity index (χ1n) is 4.17.